The molecule has 46 heavy (non-hydrogen) atoms. The van der Waals surface area contributed by atoms with Crippen molar-refractivity contribution in [1.82, 2.24) is 4.98 Å². The second-order valence-corrected chi connectivity index (χ2v) is 14.8. The largest absolute Gasteiger partial charge is 0.508 e. The van der Waals surface area contributed by atoms with Crippen LogP contribution in [0.1, 0.15) is 141 Å². The van der Waals surface area contributed by atoms with Crippen molar-refractivity contribution in [2.45, 2.75) is 160 Å². The number of carboxylic acid groups (broad SMARTS) is 1. The Morgan fingerprint density at radius 2 is 1.54 bits per heavy atom. The molecular formula is C39H61NO6. The van der Waals surface area contributed by atoms with Crippen LogP contribution >= 0.6 is 0 Å². The van der Waals surface area contributed by atoms with E-state index in [-0.39, 0.29) is 29.6 Å². The monoisotopic (exact) mass is 639 g/mol. The lowest BCUT2D eigenvalue weighted by molar-refractivity contribution is -0.147. The highest BCUT2D eigenvalue weighted by molar-refractivity contribution is 5.70. The van der Waals surface area contributed by atoms with E-state index in [0.717, 1.165) is 81.2 Å². The van der Waals surface area contributed by atoms with Crippen molar-refractivity contribution in [2.75, 3.05) is 0 Å². The van der Waals surface area contributed by atoms with Gasteiger partial charge in [-0.25, -0.2) is 0 Å². The summed E-state index contributed by atoms with van der Waals surface area (Å²) in [6.07, 6.45) is 18.1. The first-order chi connectivity index (χ1) is 22.2. The molecule has 1 heterocycles. The van der Waals surface area contributed by atoms with Crippen LogP contribution in [0.3, 0.4) is 0 Å². The standard InChI is InChI=1S/C39H61NO6/c1-2-3-4-5-8-15-31(41)16-9-6-7-10-18-33(37(44)45)35(43)21-24-39(46)26-25-38(22-11-12-23-38)36(39)28-30-19-20-34(40-30)29-14-13-17-32(42)27-29/h13-14,17,19-20,27,31,33,35-36,40-43,46H,2-12,15-16,18,21-26,28H2,1H3,(H,44,45). The maximum Gasteiger partial charge on any atom is 0.309 e. The van der Waals surface area contributed by atoms with Gasteiger partial charge in [0, 0.05) is 17.0 Å². The molecule has 1 aromatic carbocycles. The van der Waals surface area contributed by atoms with Crippen LogP contribution in [0, 0.1) is 17.3 Å². The second kappa shape index (κ2) is 17.7. The molecule has 7 nitrogen and oxygen atoms in total. The highest BCUT2D eigenvalue weighted by Crippen LogP contribution is 2.60. The summed E-state index contributed by atoms with van der Waals surface area (Å²) in [4.78, 5) is 15.7. The average Bonchev–Trinajstić information content (AvgIpc) is 3.77. The molecule has 2 aliphatic carbocycles. The number of benzene rings is 1. The van der Waals surface area contributed by atoms with Crippen LogP contribution in [0.25, 0.3) is 11.3 Å². The number of aromatic amines is 1. The number of carbonyl (C=O) groups is 1. The Kier molecular flexibility index (Phi) is 14.0. The number of aromatic hydroxyl groups is 1. The van der Waals surface area contributed by atoms with E-state index >= 15 is 0 Å². The summed E-state index contributed by atoms with van der Waals surface area (Å²) < 4.78 is 0. The van der Waals surface area contributed by atoms with Crippen molar-refractivity contribution in [3.8, 4) is 17.0 Å². The van der Waals surface area contributed by atoms with Crippen LogP contribution in [0.5, 0.6) is 5.75 Å². The number of carboxylic acids is 1. The lowest BCUT2D eigenvalue weighted by Gasteiger charge is -2.39. The predicted molar refractivity (Wildman–Crippen MR) is 184 cm³/mol. The Labute approximate surface area is 276 Å². The summed E-state index contributed by atoms with van der Waals surface area (Å²) in [6.45, 7) is 2.21. The summed E-state index contributed by atoms with van der Waals surface area (Å²) in [7, 11) is 0. The molecule has 5 atom stereocenters. The molecule has 2 aromatic rings. The third kappa shape index (κ3) is 10.1. The number of aliphatic carboxylic acids is 1. The predicted octanol–water partition coefficient (Wildman–Crippen LogP) is 8.54. The number of H-pyrrole nitrogens is 1. The van der Waals surface area contributed by atoms with Crippen LogP contribution in [0.2, 0.25) is 0 Å². The van der Waals surface area contributed by atoms with E-state index in [1.165, 1.54) is 38.5 Å². The molecular weight excluding hydrogens is 578 g/mol. The number of phenolic OH excluding ortho intramolecular Hbond substituents is 1. The quantitative estimate of drug-likeness (QED) is 0.0758. The zero-order valence-electron chi connectivity index (χ0n) is 28.3. The summed E-state index contributed by atoms with van der Waals surface area (Å²) in [5.74, 6) is -1.52. The average molecular weight is 640 g/mol. The van der Waals surface area contributed by atoms with Crippen molar-refractivity contribution in [1.29, 1.82) is 0 Å². The Hall–Kier alpha value is -2.35. The highest BCUT2D eigenvalue weighted by atomic mass is 16.4. The second-order valence-electron chi connectivity index (χ2n) is 14.8. The van der Waals surface area contributed by atoms with Gasteiger partial charge in [-0.3, -0.25) is 4.79 Å². The van der Waals surface area contributed by atoms with Crippen LogP contribution in [-0.4, -0.2) is 54.3 Å². The lowest BCUT2D eigenvalue weighted by Crippen LogP contribution is -2.42. The first-order valence-electron chi connectivity index (χ1n) is 18.4. The number of unbranched alkanes of at least 4 members (excludes halogenated alkanes) is 7. The maximum absolute atomic E-state index is 12.2. The molecule has 2 saturated carbocycles. The van der Waals surface area contributed by atoms with Gasteiger partial charge in [0.05, 0.1) is 23.7 Å². The molecule has 7 heteroatoms. The fourth-order valence-corrected chi connectivity index (χ4v) is 8.69. The van der Waals surface area contributed by atoms with Gasteiger partial charge in [0.1, 0.15) is 5.75 Å². The fourth-order valence-electron chi connectivity index (χ4n) is 8.69. The summed E-state index contributed by atoms with van der Waals surface area (Å²) in [5, 5.41) is 53.4. The molecule has 258 valence electrons. The number of aromatic nitrogens is 1. The number of phenols is 1. The van der Waals surface area contributed by atoms with Crippen molar-refractivity contribution < 1.29 is 30.3 Å². The maximum atomic E-state index is 12.2. The molecule has 0 amide bonds. The number of rotatable bonds is 21. The molecule has 0 saturated heterocycles. The van der Waals surface area contributed by atoms with E-state index in [9.17, 15) is 30.3 Å². The van der Waals surface area contributed by atoms with E-state index in [1.807, 2.05) is 18.2 Å². The molecule has 5 unspecified atom stereocenters. The van der Waals surface area contributed by atoms with E-state index < -0.39 is 23.6 Å². The minimum Gasteiger partial charge on any atom is -0.508 e. The minimum absolute atomic E-state index is 0.0420. The van der Waals surface area contributed by atoms with Crippen LogP contribution in [-0.2, 0) is 11.2 Å². The SMILES string of the molecule is CCCCCCCC(O)CCCCCCC(C(=O)O)C(O)CCC1(O)CCC2(CCCC2)C1Cc1ccc(-c2cccc(O)c2)[nH]1. The van der Waals surface area contributed by atoms with Gasteiger partial charge in [0.25, 0.3) is 0 Å². The molecule has 0 radical (unpaired) electrons. The highest BCUT2D eigenvalue weighted by Gasteiger charge is 2.56. The third-order valence-electron chi connectivity index (χ3n) is 11.5. The van der Waals surface area contributed by atoms with Crippen LogP contribution in [0.15, 0.2) is 36.4 Å². The lowest BCUT2D eigenvalue weighted by atomic mass is 9.69. The van der Waals surface area contributed by atoms with Crippen molar-refractivity contribution in [3.05, 3.63) is 42.1 Å². The van der Waals surface area contributed by atoms with Crippen molar-refractivity contribution in [3.63, 3.8) is 0 Å². The van der Waals surface area contributed by atoms with Crippen molar-refractivity contribution >= 4 is 5.97 Å². The first-order valence-corrected chi connectivity index (χ1v) is 18.4. The van der Waals surface area contributed by atoms with E-state index in [4.69, 9.17) is 0 Å². The van der Waals surface area contributed by atoms with Crippen molar-refractivity contribution in [2.24, 2.45) is 17.3 Å². The Morgan fingerprint density at radius 3 is 2.20 bits per heavy atom. The number of aliphatic hydroxyl groups excluding tert-OH is 2. The summed E-state index contributed by atoms with van der Waals surface area (Å²) in [5.41, 5.74) is 2.05. The van der Waals surface area contributed by atoms with E-state index in [1.54, 1.807) is 12.1 Å². The topological polar surface area (TPSA) is 134 Å². The number of aliphatic hydroxyl groups is 3. The fraction of sp³-hybridized carbons (Fsp3) is 0.718. The molecule has 2 fully saturated rings. The summed E-state index contributed by atoms with van der Waals surface area (Å²) >= 11 is 0. The first kappa shape index (κ1) is 36.5. The Bertz CT molecular complexity index is 1190. The number of nitrogens with one attached hydrogen (secondary N) is 1. The minimum atomic E-state index is -0.986. The molecule has 0 bridgehead atoms. The Balaban J connectivity index is 1.26. The van der Waals surface area contributed by atoms with Gasteiger partial charge in [-0.15, -0.1) is 0 Å². The van der Waals surface area contributed by atoms with Gasteiger partial charge in [0.2, 0.25) is 0 Å². The van der Waals surface area contributed by atoms with Gasteiger partial charge in [-0.2, -0.15) is 0 Å². The van der Waals surface area contributed by atoms with Gasteiger partial charge < -0.3 is 30.5 Å². The molecule has 6 N–H and O–H groups in total. The number of hydrogen-bond acceptors (Lipinski definition) is 5. The van der Waals surface area contributed by atoms with Gasteiger partial charge in [-0.1, -0.05) is 89.7 Å². The molecule has 2 aliphatic rings. The van der Waals surface area contributed by atoms with E-state index in [0.29, 0.717) is 25.7 Å². The van der Waals surface area contributed by atoms with Gasteiger partial charge in [0.15, 0.2) is 0 Å². The zero-order chi connectivity index (χ0) is 33.0. The normalized spacial score (nSPS) is 22.7. The van der Waals surface area contributed by atoms with Gasteiger partial charge in [-0.05, 0) is 99.8 Å². The van der Waals surface area contributed by atoms with Crippen LogP contribution < -0.4 is 0 Å². The smallest absolute Gasteiger partial charge is 0.309 e. The van der Waals surface area contributed by atoms with Gasteiger partial charge >= 0.3 is 5.97 Å². The third-order valence-corrected chi connectivity index (χ3v) is 11.5. The molecule has 1 spiro atoms. The van der Waals surface area contributed by atoms with E-state index in [2.05, 4.69) is 18.0 Å². The molecule has 4 rings (SSSR count). The van der Waals surface area contributed by atoms with Crippen LogP contribution in [0.4, 0.5) is 0 Å². The zero-order valence-corrected chi connectivity index (χ0v) is 28.3. The molecule has 0 aliphatic heterocycles. The molecule has 1 aromatic heterocycles. The summed E-state index contributed by atoms with van der Waals surface area (Å²) in [6, 6.07) is 11.3. The Morgan fingerprint density at radius 1 is 0.870 bits per heavy atom. The number of hydrogen-bond donors (Lipinski definition) is 6.